The summed E-state index contributed by atoms with van der Waals surface area (Å²) < 4.78 is 14.0. The minimum atomic E-state index is -0.263. The average Bonchev–Trinajstić information content (AvgIpc) is 3.04. The number of benzene rings is 3. The van der Waals surface area contributed by atoms with Crippen molar-refractivity contribution < 1.29 is 14.3 Å². The van der Waals surface area contributed by atoms with Crippen LogP contribution < -0.4 is 4.74 Å². The van der Waals surface area contributed by atoms with Gasteiger partial charge >= 0.3 is 5.97 Å². The summed E-state index contributed by atoms with van der Waals surface area (Å²) in [5.41, 5.74) is 4.09. The number of ether oxygens (including phenoxy) is 2. The van der Waals surface area contributed by atoms with Crippen LogP contribution in [0.4, 0.5) is 0 Å². The third kappa shape index (κ3) is 4.41. The summed E-state index contributed by atoms with van der Waals surface area (Å²) in [5.74, 6) is 0.492. The molecule has 0 aliphatic carbocycles. The van der Waals surface area contributed by atoms with E-state index in [1.165, 1.54) is 5.56 Å². The van der Waals surface area contributed by atoms with Crippen molar-refractivity contribution in [3.63, 3.8) is 0 Å². The Hall–Kier alpha value is -3.05. The second kappa shape index (κ2) is 9.18. The molecule has 0 unspecified atom stereocenters. The zero-order valence-electron chi connectivity index (χ0n) is 16.7. The van der Waals surface area contributed by atoms with Gasteiger partial charge < -0.3 is 14.0 Å². The monoisotopic (exact) mass is 463 g/mol. The van der Waals surface area contributed by atoms with Crippen molar-refractivity contribution in [1.29, 1.82) is 0 Å². The van der Waals surface area contributed by atoms with Crippen molar-refractivity contribution in [3.8, 4) is 5.75 Å². The third-order valence-corrected chi connectivity index (χ3v) is 5.96. The highest BCUT2D eigenvalue weighted by Gasteiger charge is 2.19. The molecule has 152 valence electrons. The average molecular weight is 464 g/mol. The molecule has 0 spiro atoms. The van der Waals surface area contributed by atoms with Gasteiger partial charge in [-0.1, -0.05) is 60.7 Å². The Balaban J connectivity index is 1.64. The molecule has 3 aromatic carbocycles. The van der Waals surface area contributed by atoms with E-state index in [4.69, 9.17) is 9.47 Å². The maximum atomic E-state index is 12.6. The van der Waals surface area contributed by atoms with E-state index < -0.39 is 0 Å². The predicted molar refractivity (Wildman–Crippen MR) is 122 cm³/mol. The van der Waals surface area contributed by atoms with Crippen LogP contribution >= 0.6 is 15.9 Å². The smallest absolute Gasteiger partial charge is 0.310 e. The Kier molecular flexibility index (Phi) is 6.19. The maximum absolute atomic E-state index is 12.6. The minimum absolute atomic E-state index is 0.179. The van der Waals surface area contributed by atoms with Crippen LogP contribution in [0, 0.1) is 0 Å². The highest BCUT2D eigenvalue weighted by atomic mass is 79.9. The van der Waals surface area contributed by atoms with Gasteiger partial charge in [0.2, 0.25) is 0 Å². The van der Waals surface area contributed by atoms with E-state index in [9.17, 15) is 4.79 Å². The highest BCUT2D eigenvalue weighted by molar-refractivity contribution is 9.10. The van der Waals surface area contributed by atoms with Crippen molar-refractivity contribution in [1.82, 2.24) is 4.57 Å². The standard InChI is InChI=1S/C25H22BrNO3/c1-29-20-12-13-23-21(14-20)22(15-24(28)30-17-19-10-6-3-7-11-19)25(26)27(23)16-18-8-4-2-5-9-18/h2-14H,15-17H2,1H3. The first-order valence-corrected chi connectivity index (χ1v) is 10.5. The molecule has 0 N–H and O–H groups in total. The number of hydrogen-bond donors (Lipinski definition) is 0. The lowest BCUT2D eigenvalue weighted by Gasteiger charge is -2.08. The van der Waals surface area contributed by atoms with Gasteiger partial charge in [0.05, 0.1) is 18.1 Å². The molecule has 30 heavy (non-hydrogen) atoms. The fourth-order valence-corrected chi connectivity index (χ4v) is 4.19. The molecule has 4 aromatic rings. The second-order valence-electron chi connectivity index (χ2n) is 7.05. The summed E-state index contributed by atoms with van der Waals surface area (Å²) in [6.07, 6.45) is 0.179. The molecular formula is C25H22BrNO3. The van der Waals surface area contributed by atoms with Crippen LogP contribution in [-0.2, 0) is 29.1 Å². The lowest BCUT2D eigenvalue weighted by atomic mass is 10.1. The third-order valence-electron chi connectivity index (χ3n) is 5.05. The Labute approximate surface area is 184 Å². The summed E-state index contributed by atoms with van der Waals surface area (Å²) >= 11 is 3.74. The number of halogens is 1. The van der Waals surface area contributed by atoms with E-state index in [1.807, 2.05) is 66.7 Å². The SMILES string of the molecule is COc1ccc2c(c1)c(CC(=O)OCc1ccccc1)c(Br)n2Cc1ccccc1. The molecule has 0 bridgehead atoms. The molecule has 1 heterocycles. The molecule has 4 rings (SSSR count). The molecule has 4 nitrogen and oxygen atoms in total. The van der Waals surface area contributed by atoms with E-state index in [-0.39, 0.29) is 19.0 Å². The summed E-state index contributed by atoms with van der Waals surface area (Å²) in [4.78, 5) is 12.6. The van der Waals surface area contributed by atoms with Gasteiger partial charge in [-0.25, -0.2) is 0 Å². The number of fused-ring (bicyclic) bond motifs is 1. The van der Waals surface area contributed by atoms with E-state index in [2.05, 4.69) is 32.6 Å². The van der Waals surface area contributed by atoms with Crippen LogP contribution in [0.2, 0.25) is 0 Å². The molecule has 0 aliphatic rings. The first-order chi connectivity index (χ1) is 14.7. The van der Waals surface area contributed by atoms with Crippen LogP contribution in [0.5, 0.6) is 5.75 Å². The number of carbonyl (C=O) groups excluding carboxylic acids is 1. The molecule has 0 fully saturated rings. The Morgan fingerprint density at radius 2 is 1.60 bits per heavy atom. The number of esters is 1. The molecule has 0 saturated heterocycles. The lowest BCUT2D eigenvalue weighted by Crippen LogP contribution is -2.08. The zero-order valence-corrected chi connectivity index (χ0v) is 18.3. The number of carbonyl (C=O) groups is 1. The molecule has 5 heteroatoms. The number of hydrogen-bond acceptors (Lipinski definition) is 3. The van der Waals surface area contributed by atoms with Crippen molar-refractivity contribution in [2.45, 2.75) is 19.6 Å². The summed E-state index contributed by atoms with van der Waals surface area (Å²) in [6, 6.07) is 25.9. The quantitative estimate of drug-likeness (QED) is 0.327. The van der Waals surface area contributed by atoms with Crippen molar-refractivity contribution in [3.05, 3.63) is 100 Å². The molecular weight excluding hydrogens is 442 g/mol. The van der Waals surface area contributed by atoms with Gasteiger partial charge in [-0.2, -0.15) is 0 Å². The topological polar surface area (TPSA) is 40.5 Å². The molecule has 0 atom stereocenters. The molecule has 1 aromatic heterocycles. The molecule has 0 amide bonds. The maximum Gasteiger partial charge on any atom is 0.310 e. The molecule has 0 saturated carbocycles. The molecule has 0 aliphatic heterocycles. The summed E-state index contributed by atoms with van der Waals surface area (Å²) in [5, 5.41) is 0.980. The lowest BCUT2D eigenvalue weighted by molar-refractivity contribution is -0.144. The number of rotatable bonds is 7. The fourth-order valence-electron chi connectivity index (χ4n) is 3.52. The minimum Gasteiger partial charge on any atom is -0.497 e. The van der Waals surface area contributed by atoms with Crippen LogP contribution in [0.3, 0.4) is 0 Å². The van der Waals surface area contributed by atoms with Crippen LogP contribution in [0.15, 0.2) is 83.5 Å². The summed E-state index contributed by atoms with van der Waals surface area (Å²) in [6.45, 7) is 0.965. The largest absolute Gasteiger partial charge is 0.497 e. The predicted octanol–water partition coefficient (Wildman–Crippen LogP) is 5.75. The number of methoxy groups -OCH3 is 1. The van der Waals surface area contributed by atoms with Crippen molar-refractivity contribution >= 4 is 32.8 Å². The number of nitrogens with zero attached hydrogens (tertiary/aromatic N) is 1. The molecule has 0 radical (unpaired) electrons. The van der Waals surface area contributed by atoms with Gasteiger partial charge in [0.1, 0.15) is 12.4 Å². The van der Waals surface area contributed by atoms with E-state index in [1.54, 1.807) is 7.11 Å². The van der Waals surface area contributed by atoms with Crippen LogP contribution in [0.1, 0.15) is 16.7 Å². The van der Waals surface area contributed by atoms with Gasteiger partial charge in [0.15, 0.2) is 0 Å². The van der Waals surface area contributed by atoms with Gasteiger partial charge in [-0.15, -0.1) is 0 Å². The van der Waals surface area contributed by atoms with Crippen molar-refractivity contribution in [2.24, 2.45) is 0 Å². The van der Waals surface area contributed by atoms with Gasteiger partial charge in [-0.3, -0.25) is 4.79 Å². The van der Waals surface area contributed by atoms with Crippen LogP contribution in [0.25, 0.3) is 10.9 Å². The van der Waals surface area contributed by atoms with Gasteiger partial charge in [0, 0.05) is 23.0 Å². The highest BCUT2D eigenvalue weighted by Crippen LogP contribution is 2.34. The Bertz CT molecular complexity index is 1150. The first kappa shape index (κ1) is 20.2. The fraction of sp³-hybridized carbons (Fsp3) is 0.160. The van der Waals surface area contributed by atoms with E-state index in [0.717, 1.165) is 32.4 Å². The zero-order chi connectivity index (χ0) is 20.9. The number of aromatic nitrogens is 1. The van der Waals surface area contributed by atoms with E-state index >= 15 is 0 Å². The van der Waals surface area contributed by atoms with Gasteiger partial charge in [0.25, 0.3) is 0 Å². The summed E-state index contributed by atoms with van der Waals surface area (Å²) in [7, 11) is 1.64. The van der Waals surface area contributed by atoms with Crippen molar-refractivity contribution in [2.75, 3.05) is 7.11 Å². The Morgan fingerprint density at radius 3 is 2.27 bits per heavy atom. The van der Waals surface area contributed by atoms with Crippen LogP contribution in [-0.4, -0.2) is 17.6 Å². The second-order valence-corrected chi connectivity index (χ2v) is 7.80. The first-order valence-electron chi connectivity index (χ1n) is 9.74. The normalized spacial score (nSPS) is 10.9. The Morgan fingerprint density at radius 1 is 0.933 bits per heavy atom. The van der Waals surface area contributed by atoms with Gasteiger partial charge in [-0.05, 0) is 45.3 Å². The van der Waals surface area contributed by atoms with E-state index in [0.29, 0.717) is 6.54 Å².